The van der Waals surface area contributed by atoms with Gasteiger partial charge in [-0.2, -0.15) is 0 Å². The number of nitrogens with zero attached hydrogens (tertiary/aromatic N) is 1. The Labute approximate surface area is 156 Å². The summed E-state index contributed by atoms with van der Waals surface area (Å²) in [5, 5.41) is 7.68. The number of aryl methyl sites for hydroxylation is 1. The van der Waals surface area contributed by atoms with E-state index in [1.165, 1.54) is 30.3 Å². The fourth-order valence-corrected chi connectivity index (χ4v) is 3.66. The Balaban J connectivity index is 1.62. The van der Waals surface area contributed by atoms with Crippen molar-refractivity contribution in [3.8, 4) is 0 Å². The first-order chi connectivity index (χ1) is 12.7. The number of carbonyl (C=O) groups excluding carboxylic acids is 1. The molecular weight excluding hydrogens is 376 g/mol. The Morgan fingerprint density at radius 1 is 1.19 bits per heavy atom. The molecule has 27 heavy (non-hydrogen) atoms. The summed E-state index contributed by atoms with van der Waals surface area (Å²) in [6, 6.07) is 7.67. The number of nitrogens with one attached hydrogen (secondary N) is 1. The lowest BCUT2D eigenvalue weighted by atomic mass is 10.0. The highest BCUT2D eigenvalue weighted by Crippen LogP contribution is 2.31. The molecule has 1 amide bonds. The smallest absolute Gasteiger partial charge is 0.238 e. The van der Waals surface area contributed by atoms with Crippen LogP contribution in [0.15, 0.2) is 41.3 Å². The first kappa shape index (κ1) is 19.2. The Morgan fingerprint density at radius 2 is 1.89 bits per heavy atom. The number of sulfonamides is 1. The molecule has 1 heterocycles. The summed E-state index contributed by atoms with van der Waals surface area (Å²) in [4.78, 5) is 13.9. The molecule has 1 aliphatic rings. The lowest BCUT2D eigenvalue weighted by Gasteiger charge is -2.31. The molecule has 0 radical (unpaired) electrons. The minimum Gasteiger partial charge on any atom is -0.368 e. The average Bonchev–Trinajstić information content (AvgIpc) is 2.59. The third-order valence-electron chi connectivity index (χ3n) is 4.37. The summed E-state index contributed by atoms with van der Waals surface area (Å²) < 4.78 is 50.0. The zero-order valence-corrected chi connectivity index (χ0v) is 15.2. The molecule has 2 aromatic carbocycles. The van der Waals surface area contributed by atoms with E-state index in [2.05, 4.69) is 5.32 Å². The van der Waals surface area contributed by atoms with Crippen LogP contribution in [0.5, 0.6) is 0 Å². The number of hydrogen-bond acceptors (Lipinski definition) is 4. The molecule has 0 aliphatic carbocycles. The van der Waals surface area contributed by atoms with E-state index in [4.69, 9.17) is 5.14 Å². The summed E-state index contributed by atoms with van der Waals surface area (Å²) in [6.07, 6.45) is 1.46. The van der Waals surface area contributed by atoms with Crippen molar-refractivity contribution in [3.05, 3.63) is 53.6 Å². The van der Waals surface area contributed by atoms with E-state index in [0.29, 0.717) is 29.9 Å². The van der Waals surface area contributed by atoms with Gasteiger partial charge in [-0.05, 0) is 48.7 Å². The van der Waals surface area contributed by atoms with E-state index in [-0.39, 0.29) is 23.8 Å². The number of anilines is 2. The average molecular weight is 395 g/mol. The van der Waals surface area contributed by atoms with Gasteiger partial charge in [0.15, 0.2) is 0 Å². The maximum atomic E-state index is 14.1. The van der Waals surface area contributed by atoms with Crippen molar-refractivity contribution in [2.75, 3.05) is 23.3 Å². The lowest BCUT2D eigenvalue weighted by molar-refractivity contribution is -0.116. The molecule has 0 bridgehead atoms. The van der Waals surface area contributed by atoms with Crippen LogP contribution in [0.4, 0.5) is 20.2 Å². The van der Waals surface area contributed by atoms with Crippen LogP contribution in [0.1, 0.15) is 18.4 Å². The number of rotatable bonds is 5. The zero-order chi connectivity index (χ0) is 19.6. The molecule has 3 N–H and O–H groups in total. The van der Waals surface area contributed by atoms with Crippen molar-refractivity contribution in [1.29, 1.82) is 0 Å². The van der Waals surface area contributed by atoms with E-state index in [1.807, 2.05) is 0 Å². The fourth-order valence-electron chi connectivity index (χ4n) is 3.15. The summed E-state index contributed by atoms with van der Waals surface area (Å²) in [5.74, 6) is -1.52. The number of carbonyl (C=O) groups is 1. The van der Waals surface area contributed by atoms with Crippen molar-refractivity contribution in [2.45, 2.75) is 24.2 Å². The van der Waals surface area contributed by atoms with Crippen LogP contribution >= 0.6 is 0 Å². The molecule has 0 aromatic heterocycles. The molecule has 144 valence electrons. The van der Waals surface area contributed by atoms with Gasteiger partial charge in [-0.3, -0.25) is 4.79 Å². The number of hydrogen-bond donors (Lipinski definition) is 2. The molecule has 0 saturated carbocycles. The summed E-state index contributed by atoms with van der Waals surface area (Å²) >= 11 is 0. The topological polar surface area (TPSA) is 92.5 Å². The van der Waals surface area contributed by atoms with Gasteiger partial charge in [-0.1, -0.05) is 0 Å². The van der Waals surface area contributed by atoms with E-state index < -0.39 is 21.7 Å². The summed E-state index contributed by atoms with van der Waals surface area (Å²) in [6.45, 7) is 0.878. The SMILES string of the molecule is NS(=O)(=O)c1ccc(NC(=O)CCN2CCCc3cc(F)cc(F)c32)cc1. The Morgan fingerprint density at radius 3 is 2.56 bits per heavy atom. The first-order valence-electron chi connectivity index (χ1n) is 8.39. The van der Waals surface area contributed by atoms with Crippen molar-refractivity contribution in [1.82, 2.24) is 0 Å². The Hall–Kier alpha value is -2.52. The monoisotopic (exact) mass is 395 g/mol. The number of primary sulfonamides is 1. The highest BCUT2D eigenvalue weighted by Gasteiger charge is 2.22. The minimum absolute atomic E-state index is 0.0480. The van der Waals surface area contributed by atoms with Crippen LogP contribution < -0.4 is 15.4 Å². The van der Waals surface area contributed by atoms with Gasteiger partial charge in [0.25, 0.3) is 0 Å². The van der Waals surface area contributed by atoms with Crippen molar-refractivity contribution in [2.24, 2.45) is 5.14 Å². The Kier molecular flexibility index (Phi) is 5.43. The van der Waals surface area contributed by atoms with Gasteiger partial charge < -0.3 is 10.2 Å². The Bertz CT molecular complexity index is 963. The van der Waals surface area contributed by atoms with Gasteiger partial charge in [-0.15, -0.1) is 0 Å². The van der Waals surface area contributed by atoms with Gasteiger partial charge in [0.2, 0.25) is 15.9 Å². The quantitative estimate of drug-likeness (QED) is 0.813. The van der Waals surface area contributed by atoms with Crippen LogP contribution in [-0.4, -0.2) is 27.4 Å². The molecule has 1 aliphatic heterocycles. The first-order valence-corrected chi connectivity index (χ1v) is 9.94. The normalized spacial score (nSPS) is 14.0. The highest BCUT2D eigenvalue weighted by atomic mass is 32.2. The second-order valence-corrected chi connectivity index (χ2v) is 7.91. The van der Waals surface area contributed by atoms with E-state index >= 15 is 0 Å². The fraction of sp³-hybridized carbons (Fsp3) is 0.278. The number of benzene rings is 2. The summed E-state index contributed by atoms with van der Waals surface area (Å²) in [5.41, 5.74) is 1.39. The third-order valence-corrected chi connectivity index (χ3v) is 5.30. The van der Waals surface area contributed by atoms with Gasteiger partial charge in [0, 0.05) is 31.3 Å². The van der Waals surface area contributed by atoms with Crippen molar-refractivity contribution >= 4 is 27.3 Å². The number of halogens is 2. The van der Waals surface area contributed by atoms with Crippen LogP contribution in [0.2, 0.25) is 0 Å². The van der Waals surface area contributed by atoms with Crippen molar-refractivity contribution < 1.29 is 22.0 Å². The van der Waals surface area contributed by atoms with Crippen LogP contribution in [0.25, 0.3) is 0 Å². The molecule has 6 nitrogen and oxygen atoms in total. The van der Waals surface area contributed by atoms with E-state index in [1.54, 1.807) is 4.90 Å². The third kappa shape index (κ3) is 4.61. The number of fused-ring (bicyclic) bond motifs is 1. The molecule has 0 unspecified atom stereocenters. The molecule has 2 aromatic rings. The summed E-state index contributed by atoms with van der Waals surface area (Å²) in [7, 11) is -3.79. The van der Waals surface area contributed by atoms with E-state index in [0.717, 1.165) is 12.5 Å². The number of nitrogens with two attached hydrogens (primary N) is 1. The van der Waals surface area contributed by atoms with Gasteiger partial charge >= 0.3 is 0 Å². The second-order valence-electron chi connectivity index (χ2n) is 6.35. The second kappa shape index (κ2) is 7.61. The largest absolute Gasteiger partial charge is 0.368 e. The molecule has 0 spiro atoms. The zero-order valence-electron chi connectivity index (χ0n) is 14.4. The maximum Gasteiger partial charge on any atom is 0.238 e. The maximum absolute atomic E-state index is 14.1. The molecule has 9 heteroatoms. The van der Waals surface area contributed by atoms with Gasteiger partial charge in [0.1, 0.15) is 11.6 Å². The van der Waals surface area contributed by atoms with Gasteiger partial charge in [0.05, 0.1) is 10.6 Å². The lowest BCUT2D eigenvalue weighted by Crippen LogP contribution is -2.33. The van der Waals surface area contributed by atoms with Crippen LogP contribution in [-0.2, 0) is 21.2 Å². The molecular formula is C18H19F2N3O3S. The van der Waals surface area contributed by atoms with Crippen LogP contribution in [0, 0.1) is 11.6 Å². The van der Waals surface area contributed by atoms with Crippen LogP contribution in [0.3, 0.4) is 0 Å². The predicted octanol–water partition coefficient (Wildman–Crippen LogP) is 2.39. The standard InChI is InChI=1S/C18H19F2N3O3S/c19-13-10-12-2-1-8-23(18(12)16(20)11-13)9-7-17(24)22-14-3-5-15(6-4-14)27(21,25)26/h3-6,10-11H,1-2,7-9H2,(H,22,24)(H2,21,25,26). The predicted molar refractivity (Wildman–Crippen MR) is 98.0 cm³/mol. The van der Waals surface area contributed by atoms with Crippen molar-refractivity contribution in [3.63, 3.8) is 0 Å². The molecule has 0 fully saturated rings. The van der Waals surface area contributed by atoms with Gasteiger partial charge in [-0.25, -0.2) is 22.3 Å². The highest BCUT2D eigenvalue weighted by molar-refractivity contribution is 7.89. The molecule has 0 saturated heterocycles. The minimum atomic E-state index is -3.79. The molecule has 0 atom stereocenters. The van der Waals surface area contributed by atoms with E-state index in [9.17, 15) is 22.0 Å². The number of amides is 1. The molecule has 3 rings (SSSR count).